The van der Waals surface area contributed by atoms with Crippen molar-refractivity contribution in [3.05, 3.63) is 29.8 Å². The third-order valence-electron chi connectivity index (χ3n) is 7.06. The molecule has 1 aromatic rings. The SMILES string of the molecule is CCOCCCc1ccc(N2CCN(S(=O)(=O)C3(C(N)=O)CCN(CCOC)CC3)CC2)cc1. The van der Waals surface area contributed by atoms with Gasteiger partial charge in [0.15, 0.2) is 4.75 Å². The van der Waals surface area contributed by atoms with Crippen LogP contribution in [-0.2, 0) is 30.7 Å². The average molecular weight is 497 g/mol. The van der Waals surface area contributed by atoms with E-state index in [9.17, 15) is 13.2 Å². The van der Waals surface area contributed by atoms with E-state index in [0.717, 1.165) is 38.3 Å². The van der Waals surface area contributed by atoms with Crippen LogP contribution in [-0.4, -0.2) is 101 Å². The molecule has 0 radical (unpaired) electrons. The number of amides is 1. The third kappa shape index (κ3) is 6.09. The molecule has 0 bridgehead atoms. The Balaban J connectivity index is 1.58. The Labute approximate surface area is 204 Å². The fraction of sp³-hybridized carbons (Fsp3) is 0.708. The van der Waals surface area contributed by atoms with Gasteiger partial charge in [0.1, 0.15) is 0 Å². The summed E-state index contributed by atoms with van der Waals surface area (Å²) in [6.45, 7) is 7.70. The number of nitrogens with zero attached hydrogens (tertiary/aromatic N) is 3. The number of benzene rings is 1. The van der Waals surface area contributed by atoms with Crippen LogP contribution < -0.4 is 10.6 Å². The summed E-state index contributed by atoms with van der Waals surface area (Å²) in [6.07, 6.45) is 2.42. The first-order chi connectivity index (χ1) is 16.3. The molecule has 0 aliphatic carbocycles. The Kier molecular flexibility index (Phi) is 9.73. The molecule has 2 fully saturated rings. The minimum absolute atomic E-state index is 0.222. The van der Waals surface area contributed by atoms with Gasteiger partial charge in [-0.1, -0.05) is 12.1 Å². The molecule has 9 nitrogen and oxygen atoms in total. The van der Waals surface area contributed by atoms with Crippen molar-refractivity contribution in [1.29, 1.82) is 0 Å². The second-order valence-electron chi connectivity index (χ2n) is 9.05. The first-order valence-electron chi connectivity index (χ1n) is 12.3. The number of primary amides is 1. The van der Waals surface area contributed by atoms with Gasteiger partial charge in [0.05, 0.1) is 6.61 Å². The summed E-state index contributed by atoms with van der Waals surface area (Å²) in [5.41, 5.74) is 8.07. The predicted molar refractivity (Wildman–Crippen MR) is 133 cm³/mol. The van der Waals surface area contributed by atoms with Gasteiger partial charge in [-0.3, -0.25) is 4.79 Å². The second-order valence-corrected chi connectivity index (χ2v) is 11.3. The first kappa shape index (κ1) is 26.9. The molecule has 2 saturated heterocycles. The van der Waals surface area contributed by atoms with Crippen LogP contribution in [0.5, 0.6) is 0 Å². The van der Waals surface area contributed by atoms with Gasteiger partial charge in [-0.05, 0) is 50.3 Å². The van der Waals surface area contributed by atoms with E-state index in [2.05, 4.69) is 34.1 Å². The zero-order valence-corrected chi connectivity index (χ0v) is 21.4. The normalized spacial score (nSPS) is 19.9. The highest BCUT2D eigenvalue weighted by molar-refractivity contribution is 7.91. The summed E-state index contributed by atoms with van der Waals surface area (Å²) in [7, 11) is -2.22. The second kappa shape index (κ2) is 12.3. The van der Waals surface area contributed by atoms with Gasteiger partial charge >= 0.3 is 0 Å². The van der Waals surface area contributed by atoms with E-state index in [1.54, 1.807) is 7.11 Å². The quantitative estimate of drug-likeness (QED) is 0.432. The molecular weight excluding hydrogens is 456 g/mol. The highest BCUT2D eigenvalue weighted by atomic mass is 32.2. The zero-order valence-electron chi connectivity index (χ0n) is 20.6. The summed E-state index contributed by atoms with van der Waals surface area (Å²) in [5, 5.41) is 0. The lowest BCUT2D eigenvalue weighted by Crippen LogP contribution is -2.63. The number of piperidine rings is 1. The molecule has 1 amide bonds. The van der Waals surface area contributed by atoms with Crippen LogP contribution >= 0.6 is 0 Å². The molecule has 3 rings (SSSR count). The minimum atomic E-state index is -3.85. The van der Waals surface area contributed by atoms with Crippen LogP contribution in [0.4, 0.5) is 5.69 Å². The summed E-state index contributed by atoms with van der Waals surface area (Å²) < 4.78 is 37.7. The number of methoxy groups -OCH3 is 1. The van der Waals surface area contributed by atoms with E-state index in [1.807, 2.05) is 6.92 Å². The van der Waals surface area contributed by atoms with Gasteiger partial charge < -0.3 is 25.0 Å². The lowest BCUT2D eigenvalue weighted by atomic mass is 9.95. The first-order valence-corrected chi connectivity index (χ1v) is 13.7. The summed E-state index contributed by atoms with van der Waals surface area (Å²) in [4.78, 5) is 16.8. The Hall–Kier alpha value is -1.72. The molecular formula is C24H40N4O5S. The summed E-state index contributed by atoms with van der Waals surface area (Å²) in [6, 6.07) is 8.45. The number of aryl methyl sites for hydroxylation is 1. The number of carbonyl (C=O) groups is 1. The number of sulfonamides is 1. The minimum Gasteiger partial charge on any atom is -0.383 e. The molecule has 2 N–H and O–H groups in total. The van der Waals surface area contributed by atoms with Gasteiger partial charge in [0.2, 0.25) is 15.9 Å². The number of anilines is 1. The summed E-state index contributed by atoms with van der Waals surface area (Å²) in [5.74, 6) is -0.735. The summed E-state index contributed by atoms with van der Waals surface area (Å²) >= 11 is 0. The van der Waals surface area contributed by atoms with Crippen molar-refractivity contribution in [2.45, 2.75) is 37.4 Å². The highest BCUT2D eigenvalue weighted by Crippen LogP contribution is 2.34. The topological polar surface area (TPSA) is 105 Å². The fourth-order valence-electron chi connectivity index (χ4n) is 4.82. The van der Waals surface area contributed by atoms with Gasteiger partial charge in [-0.25, -0.2) is 8.42 Å². The molecule has 0 unspecified atom stereocenters. The Morgan fingerprint density at radius 2 is 1.68 bits per heavy atom. The fourth-order valence-corrected chi connectivity index (χ4v) is 6.91. The Bertz CT molecular complexity index is 877. The van der Waals surface area contributed by atoms with E-state index in [0.29, 0.717) is 45.9 Å². The van der Waals surface area contributed by atoms with Gasteiger partial charge in [-0.15, -0.1) is 0 Å². The monoisotopic (exact) mass is 496 g/mol. The van der Waals surface area contributed by atoms with Crippen LogP contribution in [0.25, 0.3) is 0 Å². The van der Waals surface area contributed by atoms with Gasteiger partial charge in [0, 0.05) is 71.8 Å². The molecule has 2 aliphatic rings. The number of ether oxygens (including phenoxy) is 2. The molecule has 2 aliphatic heterocycles. The number of hydrogen-bond acceptors (Lipinski definition) is 7. The van der Waals surface area contributed by atoms with Crippen molar-refractivity contribution >= 4 is 21.6 Å². The average Bonchev–Trinajstić information content (AvgIpc) is 2.86. The maximum atomic E-state index is 13.6. The molecule has 2 heterocycles. The molecule has 192 valence electrons. The molecule has 0 atom stereocenters. The van der Waals surface area contributed by atoms with Crippen molar-refractivity contribution in [2.24, 2.45) is 5.73 Å². The van der Waals surface area contributed by atoms with E-state index in [1.165, 1.54) is 9.87 Å². The standard InChI is InChI=1S/C24H40N4O5S/c1-3-33-19-4-5-21-6-8-22(9-7-21)27-14-16-28(17-15-27)34(30,31)24(23(25)29)10-12-26(13-11-24)18-20-32-2/h6-9H,3-5,10-20H2,1-2H3,(H2,25,29). The van der Waals surface area contributed by atoms with Gasteiger partial charge in [0.25, 0.3) is 0 Å². The van der Waals surface area contributed by atoms with E-state index >= 15 is 0 Å². The maximum Gasteiger partial charge on any atom is 0.240 e. The lowest BCUT2D eigenvalue weighted by molar-refractivity contribution is -0.121. The molecule has 10 heteroatoms. The van der Waals surface area contributed by atoms with Crippen molar-refractivity contribution < 1.29 is 22.7 Å². The number of hydrogen-bond donors (Lipinski definition) is 1. The zero-order chi connectivity index (χ0) is 24.6. The largest absolute Gasteiger partial charge is 0.383 e. The maximum absolute atomic E-state index is 13.6. The van der Waals surface area contributed by atoms with Crippen LogP contribution in [0.1, 0.15) is 31.7 Å². The van der Waals surface area contributed by atoms with Crippen molar-refractivity contribution in [3.8, 4) is 0 Å². The van der Waals surface area contributed by atoms with Crippen molar-refractivity contribution in [1.82, 2.24) is 9.21 Å². The van der Waals surface area contributed by atoms with Crippen molar-refractivity contribution in [2.75, 3.05) is 77.6 Å². The highest BCUT2D eigenvalue weighted by Gasteiger charge is 2.53. The number of carbonyl (C=O) groups excluding carboxylic acids is 1. The molecule has 0 saturated carbocycles. The van der Waals surface area contributed by atoms with Crippen LogP contribution in [0, 0.1) is 0 Å². The smallest absolute Gasteiger partial charge is 0.240 e. The van der Waals surface area contributed by atoms with E-state index in [4.69, 9.17) is 15.2 Å². The number of nitrogens with two attached hydrogens (primary N) is 1. The van der Waals surface area contributed by atoms with E-state index in [-0.39, 0.29) is 12.8 Å². The van der Waals surface area contributed by atoms with Crippen LogP contribution in [0.15, 0.2) is 24.3 Å². The van der Waals surface area contributed by atoms with Crippen molar-refractivity contribution in [3.63, 3.8) is 0 Å². The van der Waals surface area contributed by atoms with Crippen LogP contribution in [0.2, 0.25) is 0 Å². The Morgan fingerprint density at radius 1 is 1.03 bits per heavy atom. The number of likely N-dealkylation sites (tertiary alicyclic amines) is 1. The van der Waals surface area contributed by atoms with E-state index < -0.39 is 20.7 Å². The van der Waals surface area contributed by atoms with Gasteiger partial charge in [-0.2, -0.15) is 4.31 Å². The molecule has 0 spiro atoms. The number of piperazine rings is 1. The lowest BCUT2D eigenvalue weighted by Gasteiger charge is -2.43. The molecule has 1 aromatic carbocycles. The number of rotatable bonds is 12. The van der Waals surface area contributed by atoms with Crippen LogP contribution in [0.3, 0.4) is 0 Å². The predicted octanol–water partition coefficient (Wildman–Crippen LogP) is 1.07. The molecule has 0 aromatic heterocycles. The Morgan fingerprint density at radius 3 is 2.24 bits per heavy atom. The molecule has 34 heavy (non-hydrogen) atoms. The third-order valence-corrected chi connectivity index (χ3v) is 9.70.